The highest BCUT2D eigenvalue weighted by atomic mass is 16.5. The maximum atomic E-state index is 12.0. The molecule has 0 saturated carbocycles. The van der Waals surface area contributed by atoms with Gasteiger partial charge in [0.25, 0.3) is 0 Å². The predicted octanol–water partition coefficient (Wildman–Crippen LogP) is 1.50. The highest BCUT2D eigenvalue weighted by Crippen LogP contribution is 2.18. The number of hydrogen-bond donors (Lipinski definition) is 2. The summed E-state index contributed by atoms with van der Waals surface area (Å²) in [5.74, 6) is -0.149. The number of carboxylic acid groups (broad SMARTS) is 1. The molecule has 6 heteroatoms. The number of ether oxygens (including phenoxy) is 1. The smallest absolute Gasteiger partial charge is 0.326 e. The van der Waals surface area contributed by atoms with Gasteiger partial charge in [-0.25, -0.2) is 9.59 Å². The van der Waals surface area contributed by atoms with Crippen molar-refractivity contribution in [2.45, 2.75) is 25.3 Å². The molecule has 2 rings (SSSR count). The molecule has 0 spiro atoms. The Hall–Kier alpha value is -2.24. The quantitative estimate of drug-likeness (QED) is 0.862. The molecular weight excluding hydrogens is 272 g/mol. The fourth-order valence-electron chi connectivity index (χ4n) is 2.58. The summed E-state index contributed by atoms with van der Waals surface area (Å²) in [5, 5.41) is 11.8. The zero-order chi connectivity index (χ0) is 15.2. The molecular formula is C15H20N2O4. The van der Waals surface area contributed by atoms with Crippen LogP contribution in [0.15, 0.2) is 24.3 Å². The van der Waals surface area contributed by atoms with Crippen LogP contribution in [0.2, 0.25) is 0 Å². The van der Waals surface area contributed by atoms with Crippen molar-refractivity contribution in [3.05, 3.63) is 29.8 Å². The Labute approximate surface area is 123 Å². The third kappa shape index (κ3) is 3.65. The maximum absolute atomic E-state index is 12.0. The molecule has 1 heterocycles. The van der Waals surface area contributed by atoms with Gasteiger partial charge in [0.05, 0.1) is 7.11 Å². The zero-order valence-electron chi connectivity index (χ0n) is 12.0. The summed E-state index contributed by atoms with van der Waals surface area (Å²) < 4.78 is 5.25. The lowest BCUT2D eigenvalue weighted by molar-refractivity contribution is -0.141. The largest absolute Gasteiger partial charge is 0.496 e. The first-order chi connectivity index (χ1) is 10.1. The van der Waals surface area contributed by atoms with Crippen LogP contribution < -0.4 is 10.1 Å². The van der Waals surface area contributed by atoms with E-state index in [1.54, 1.807) is 7.11 Å². The Kier molecular flexibility index (Phi) is 5.03. The predicted molar refractivity (Wildman–Crippen MR) is 77.5 cm³/mol. The molecule has 0 bridgehead atoms. The number of carbonyl (C=O) groups excluding carboxylic acids is 1. The molecule has 1 fully saturated rings. The van der Waals surface area contributed by atoms with Crippen LogP contribution in [0.5, 0.6) is 5.75 Å². The second-order valence-corrected chi connectivity index (χ2v) is 4.98. The Balaban J connectivity index is 1.85. The first-order valence-electron chi connectivity index (χ1n) is 7.02. The summed E-state index contributed by atoms with van der Waals surface area (Å²) >= 11 is 0. The summed E-state index contributed by atoms with van der Waals surface area (Å²) in [6.45, 7) is 0.944. The van der Waals surface area contributed by atoms with Gasteiger partial charge in [-0.3, -0.25) is 0 Å². The van der Waals surface area contributed by atoms with Crippen molar-refractivity contribution in [3.63, 3.8) is 0 Å². The fourth-order valence-corrected chi connectivity index (χ4v) is 2.58. The highest BCUT2D eigenvalue weighted by molar-refractivity contribution is 5.83. The zero-order valence-corrected chi connectivity index (χ0v) is 12.0. The Morgan fingerprint density at radius 2 is 2.19 bits per heavy atom. The molecule has 1 aliphatic rings. The normalized spacial score (nSPS) is 17.6. The third-order valence-electron chi connectivity index (χ3n) is 3.66. The lowest BCUT2D eigenvalue weighted by Gasteiger charge is -2.21. The molecule has 0 unspecified atom stereocenters. The number of nitrogens with zero attached hydrogens (tertiary/aromatic N) is 1. The Morgan fingerprint density at radius 3 is 2.90 bits per heavy atom. The molecule has 6 nitrogen and oxygen atoms in total. The molecule has 1 aromatic carbocycles. The number of aliphatic carboxylic acids is 1. The molecule has 1 aromatic rings. The minimum atomic E-state index is -0.938. The first-order valence-corrected chi connectivity index (χ1v) is 7.02. The molecule has 2 N–H and O–H groups in total. The van der Waals surface area contributed by atoms with E-state index in [1.807, 2.05) is 24.3 Å². The van der Waals surface area contributed by atoms with Crippen LogP contribution in [-0.4, -0.2) is 48.2 Å². The van der Waals surface area contributed by atoms with Gasteiger partial charge in [0.2, 0.25) is 0 Å². The van der Waals surface area contributed by atoms with Crippen LogP contribution in [0.1, 0.15) is 18.4 Å². The van der Waals surface area contributed by atoms with Gasteiger partial charge in [0.1, 0.15) is 11.8 Å². The maximum Gasteiger partial charge on any atom is 0.326 e. The van der Waals surface area contributed by atoms with Gasteiger partial charge in [-0.1, -0.05) is 18.2 Å². The second-order valence-electron chi connectivity index (χ2n) is 4.98. The van der Waals surface area contributed by atoms with Crippen LogP contribution in [0.3, 0.4) is 0 Å². The molecule has 2 amide bonds. The molecule has 21 heavy (non-hydrogen) atoms. The summed E-state index contributed by atoms with van der Waals surface area (Å²) in [6.07, 6.45) is 1.90. The van der Waals surface area contributed by atoms with E-state index < -0.39 is 12.0 Å². The van der Waals surface area contributed by atoms with Gasteiger partial charge in [0.15, 0.2) is 0 Å². The topological polar surface area (TPSA) is 78.9 Å². The molecule has 1 atom stereocenters. The average molecular weight is 292 g/mol. The Morgan fingerprint density at radius 1 is 1.43 bits per heavy atom. The van der Waals surface area contributed by atoms with Crippen LogP contribution >= 0.6 is 0 Å². The molecule has 114 valence electrons. The van der Waals surface area contributed by atoms with Crippen LogP contribution in [0.4, 0.5) is 4.79 Å². The number of methoxy groups -OCH3 is 1. The van der Waals surface area contributed by atoms with Gasteiger partial charge in [-0.15, -0.1) is 0 Å². The molecule has 0 aromatic heterocycles. The van der Waals surface area contributed by atoms with Crippen molar-refractivity contribution in [1.82, 2.24) is 10.2 Å². The highest BCUT2D eigenvalue weighted by Gasteiger charge is 2.33. The van der Waals surface area contributed by atoms with Crippen LogP contribution in [0.25, 0.3) is 0 Å². The molecule has 1 aliphatic heterocycles. The van der Waals surface area contributed by atoms with Gasteiger partial charge in [-0.05, 0) is 30.9 Å². The van der Waals surface area contributed by atoms with Crippen molar-refractivity contribution in [1.29, 1.82) is 0 Å². The van der Waals surface area contributed by atoms with E-state index in [4.69, 9.17) is 9.84 Å². The summed E-state index contributed by atoms with van der Waals surface area (Å²) in [6, 6.07) is 6.62. The summed E-state index contributed by atoms with van der Waals surface area (Å²) in [5.41, 5.74) is 1.01. The second kappa shape index (κ2) is 6.97. The standard InChI is InChI=1S/C15H20N2O4/c1-21-13-7-3-2-5-11(13)8-9-16-15(20)17-10-4-6-12(17)14(18)19/h2-3,5,7,12H,4,6,8-10H2,1H3,(H,16,20)(H,18,19)/t12-/m1/s1. The lowest BCUT2D eigenvalue weighted by atomic mass is 10.1. The van der Waals surface area contributed by atoms with Crippen LogP contribution in [0, 0.1) is 0 Å². The molecule has 1 saturated heterocycles. The van der Waals surface area contributed by atoms with Gasteiger partial charge >= 0.3 is 12.0 Å². The van der Waals surface area contributed by atoms with Gasteiger partial charge in [0, 0.05) is 13.1 Å². The van der Waals surface area contributed by atoms with Crippen molar-refractivity contribution in [2.75, 3.05) is 20.2 Å². The number of urea groups is 1. The minimum Gasteiger partial charge on any atom is -0.496 e. The molecule has 0 aliphatic carbocycles. The van der Waals surface area contributed by atoms with Crippen molar-refractivity contribution >= 4 is 12.0 Å². The number of benzene rings is 1. The van der Waals surface area contributed by atoms with Gasteiger partial charge < -0.3 is 20.1 Å². The molecule has 0 radical (unpaired) electrons. The van der Waals surface area contributed by atoms with E-state index in [-0.39, 0.29) is 6.03 Å². The number of nitrogens with one attached hydrogen (secondary N) is 1. The Bertz CT molecular complexity index is 518. The average Bonchev–Trinajstić information content (AvgIpc) is 2.97. The van der Waals surface area contributed by atoms with Crippen LogP contribution in [-0.2, 0) is 11.2 Å². The number of carbonyl (C=O) groups is 2. The fraction of sp³-hybridized carbons (Fsp3) is 0.467. The number of carboxylic acids is 1. The monoisotopic (exact) mass is 292 g/mol. The van der Waals surface area contributed by atoms with Crippen molar-refractivity contribution < 1.29 is 19.4 Å². The van der Waals surface area contributed by atoms with E-state index in [2.05, 4.69) is 5.32 Å². The van der Waals surface area contributed by atoms with E-state index >= 15 is 0 Å². The van der Waals surface area contributed by atoms with E-state index in [1.165, 1.54) is 4.90 Å². The number of likely N-dealkylation sites (tertiary alicyclic amines) is 1. The number of rotatable bonds is 5. The van der Waals surface area contributed by atoms with Crippen molar-refractivity contribution in [2.24, 2.45) is 0 Å². The van der Waals surface area contributed by atoms with E-state index in [0.717, 1.165) is 17.7 Å². The first kappa shape index (κ1) is 15.2. The summed E-state index contributed by atoms with van der Waals surface area (Å²) in [7, 11) is 1.61. The van der Waals surface area contributed by atoms with Gasteiger partial charge in [-0.2, -0.15) is 0 Å². The number of amides is 2. The van der Waals surface area contributed by atoms with E-state index in [0.29, 0.717) is 25.9 Å². The SMILES string of the molecule is COc1ccccc1CCNC(=O)N1CCC[C@@H]1C(=O)O. The number of para-hydroxylation sites is 1. The minimum absolute atomic E-state index is 0.310. The summed E-state index contributed by atoms with van der Waals surface area (Å²) in [4.78, 5) is 24.5. The van der Waals surface area contributed by atoms with Crippen molar-refractivity contribution in [3.8, 4) is 5.75 Å². The number of hydrogen-bond acceptors (Lipinski definition) is 3. The third-order valence-corrected chi connectivity index (χ3v) is 3.66. The van der Waals surface area contributed by atoms with E-state index in [9.17, 15) is 9.59 Å². The lowest BCUT2D eigenvalue weighted by Crippen LogP contribution is -2.46.